The molecule has 7 nitrogen and oxygen atoms in total. The molecule has 0 amide bonds. The molecule has 0 spiro atoms. The monoisotopic (exact) mass is 446 g/mol. The smallest absolute Gasteiger partial charge is 0.278 e. The molecule has 4 rings (SSSR count). The summed E-state index contributed by atoms with van der Waals surface area (Å²) in [6.07, 6.45) is 0.490. The highest BCUT2D eigenvalue weighted by molar-refractivity contribution is 7.80. The fourth-order valence-electron chi connectivity index (χ4n) is 3.68. The van der Waals surface area contributed by atoms with Crippen molar-refractivity contribution >= 4 is 28.7 Å². The van der Waals surface area contributed by atoms with E-state index in [4.69, 9.17) is 22.1 Å². The summed E-state index contributed by atoms with van der Waals surface area (Å²) in [5.74, 6) is 0.753. The summed E-state index contributed by atoms with van der Waals surface area (Å²) in [6.45, 7) is 0.557. The van der Waals surface area contributed by atoms with Crippen LogP contribution in [-0.4, -0.2) is 27.9 Å². The van der Waals surface area contributed by atoms with Crippen molar-refractivity contribution in [3.63, 3.8) is 0 Å². The number of nitro groups is 1. The van der Waals surface area contributed by atoms with Gasteiger partial charge in [-0.2, -0.15) is 5.10 Å². The molecular weight excluding hydrogens is 424 g/mol. The average molecular weight is 447 g/mol. The Labute approximate surface area is 191 Å². The Morgan fingerprint density at radius 1 is 1.12 bits per heavy atom. The van der Waals surface area contributed by atoms with Crippen molar-refractivity contribution < 1.29 is 9.66 Å². The number of rotatable bonds is 6. The SMILES string of the molecule is COc1ccc(C2CC(c3ccccc3[N+](=O)[O-])=NN2C(=S)NCc2ccccc2)cc1. The van der Waals surface area contributed by atoms with Crippen molar-refractivity contribution in [1.82, 2.24) is 10.3 Å². The zero-order valence-electron chi connectivity index (χ0n) is 17.5. The van der Waals surface area contributed by atoms with E-state index >= 15 is 0 Å². The van der Waals surface area contributed by atoms with Crippen LogP contribution in [0.5, 0.6) is 5.75 Å². The van der Waals surface area contributed by atoms with Crippen LogP contribution in [0, 0.1) is 10.1 Å². The van der Waals surface area contributed by atoms with Gasteiger partial charge in [-0.1, -0.05) is 54.6 Å². The first-order valence-electron chi connectivity index (χ1n) is 10.1. The zero-order valence-corrected chi connectivity index (χ0v) is 18.3. The summed E-state index contributed by atoms with van der Waals surface area (Å²) in [5, 5.41) is 21.8. The molecule has 0 aromatic heterocycles. The standard InChI is InChI=1S/C24H22N4O3S/c1-31-19-13-11-18(12-14-19)23-15-21(20-9-5-6-10-22(20)28(29)30)26-27(23)24(32)25-16-17-7-3-2-4-8-17/h2-14,23H,15-16H2,1H3,(H,25,32). The summed E-state index contributed by atoms with van der Waals surface area (Å²) < 4.78 is 5.27. The van der Waals surface area contributed by atoms with Gasteiger partial charge in [-0.3, -0.25) is 10.1 Å². The van der Waals surface area contributed by atoms with Crippen LogP contribution >= 0.6 is 12.2 Å². The van der Waals surface area contributed by atoms with E-state index in [9.17, 15) is 10.1 Å². The van der Waals surface area contributed by atoms with Crippen LogP contribution in [0.25, 0.3) is 0 Å². The molecule has 0 fully saturated rings. The number of nitrogens with one attached hydrogen (secondary N) is 1. The highest BCUT2D eigenvalue weighted by atomic mass is 32.1. The molecule has 1 atom stereocenters. The van der Waals surface area contributed by atoms with Gasteiger partial charge in [0.25, 0.3) is 5.69 Å². The Bertz CT molecular complexity index is 1150. The van der Waals surface area contributed by atoms with Crippen LogP contribution in [0.1, 0.15) is 29.2 Å². The maximum absolute atomic E-state index is 11.6. The van der Waals surface area contributed by atoms with E-state index in [-0.39, 0.29) is 16.7 Å². The highest BCUT2D eigenvalue weighted by Crippen LogP contribution is 2.35. The van der Waals surface area contributed by atoms with Crippen LogP contribution < -0.4 is 10.1 Å². The lowest BCUT2D eigenvalue weighted by Crippen LogP contribution is -2.36. The number of hydrogen-bond donors (Lipinski definition) is 1. The molecule has 0 aliphatic carbocycles. The van der Waals surface area contributed by atoms with Crippen LogP contribution in [0.2, 0.25) is 0 Å². The summed E-state index contributed by atoms with van der Waals surface area (Å²) in [6, 6.07) is 24.1. The molecule has 1 unspecified atom stereocenters. The first-order valence-corrected chi connectivity index (χ1v) is 10.5. The van der Waals surface area contributed by atoms with Crippen molar-refractivity contribution in [2.75, 3.05) is 7.11 Å². The third-order valence-electron chi connectivity index (χ3n) is 5.32. The number of nitro benzene ring substituents is 1. The van der Waals surface area contributed by atoms with Crippen LogP contribution in [0.3, 0.4) is 0 Å². The maximum atomic E-state index is 11.6. The van der Waals surface area contributed by atoms with E-state index in [1.165, 1.54) is 6.07 Å². The largest absolute Gasteiger partial charge is 0.497 e. The highest BCUT2D eigenvalue weighted by Gasteiger charge is 2.33. The van der Waals surface area contributed by atoms with E-state index < -0.39 is 0 Å². The number of nitrogens with zero attached hydrogens (tertiary/aromatic N) is 3. The van der Waals surface area contributed by atoms with Gasteiger partial charge >= 0.3 is 0 Å². The molecule has 8 heteroatoms. The number of thiocarbonyl (C=S) groups is 1. The molecule has 162 valence electrons. The molecule has 0 radical (unpaired) electrons. The second-order valence-corrected chi connectivity index (χ2v) is 7.69. The number of ether oxygens (including phenoxy) is 1. The minimum Gasteiger partial charge on any atom is -0.497 e. The molecule has 1 aliphatic heterocycles. The number of benzene rings is 3. The first-order chi connectivity index (χ1) is 15.6. The van der Waals surface area contributed by atoms with E-state index in [2.05, 4.69) is 5.32 Å². The zero-order chi connectivity index (χ0) is 22.5. The lowest BCUT2D eigenvalue weighted by molar-refractivity contribution is -0.385. The fraction of sp³-hybridized carbons (Fsp3) is 0.167. The second kappa shape index (κ2) is 9.57. The Morgan fingerprint density at radius 2 is 1.81 bits per heavy atom. The van der Waals surface area contributed by atoms with Gasteiger partial charge in [0.1, 0.15) is 5.75 Å². The first kappa shape index (κ1) is 21.5. The Morgan fingerprint density at radius 3 is 2.50 bits per heavy atom. The van der Waals surface area contributed by atoms with Crippen LogP contribution in [0.15, 0.2) is 84.0 Å². The molecule has 0 saturated carbocycles. The fourth-order valence-corrected chi connectivity index (χ4v) is 3.92. The molecule has 0 saturated heterocycles. The van der Waals surface area contributed by atoms with E-state index in [0.29, 0.717) is 29.4 Å². The molecule has 1 heterocycles. The predicted octanol–water partition coefficient (Wildman–Crippen LogP) is 4.83. The van der Waals surface area contributed by atoms with E-state index in [1.807, 2.05) is 54.6 Å². The molecule has 1 N–H and O–H groups in total. The van der Waals surface area contributed by atoms with Crippen molar-refractivity contribution in [3.8, 4) is 5.75 Å². The molecule has 0 bridgehead atoms. The van der Waals surface area contributed by atoms with Gasteiger partial charge in [0, 0.05) is 19.0 Å². The third kappa shape index (κ3) is 4.60. The molecule has 32 heavy (non-hydrogen) atoms. The Balaban J connectivity index is 1.64. The van der Waals surface area contributed by atoms with Gasteiger partial charge in [0.2, 0.25) is 0 Å². The summed E-state index contributed by atoms with van der Waals surface area (Å²) in [7, 11) is 1.62. The predicted molar refractivity (Wildman–Crippen MR) is 128 cm³/mol. The number of hydrogen-bond acceptors (Lipinski definition) is 5. The lowest BCUT2D eigenvalue weighted by Gasteiger charge is -2.25. The second-order valence-electron chi connectivity index (χ2n) is 7.30. The van der Waals surface area contributed by atoms with Gasteiger partial charge in [-0.25, -0.2) is 5.01 Å². The number of para-hydroxylation sites is 1. The Hall–Kier alpha value is -3.78. The molecule has 3 aromatic carbocycles. The van der Waals surface area contributed by atoms with Crippen molar-refractivity contribution in [2.24, 2.45) is 5.10 Å². The third-order valence-corrected chi connectivity index (χ3v) is 5.65. The molecule has 1 aliphatic rings. The van der Waals surface area contributed by atoms with E-state index in [1.54, 1.807) is 30.3 Å². The van der Waals surface area contributed by atoms with Crippen molar-refractivity contribution in [2.45, 2.75) is 19.0 Å². The number of hydrazone groups is 1. The van der Waals surface area contributed by atoms with Gasteiger partial charge in [0.05, 0.1) is 29.4 Å². The topological polar surface area (TPSA) is 80.0 Å². The summed E-state index contributed by atoms with van der Waals surface area (Å²) >= 11 is 5.68. The van der Waals surface area contributed by atoms with Crippen molar-refractivity contribution in [1.29, 1.82) is 0 Å². The van der Waals surface area contributed by atoms with Crippen LogP contribution in [-0.2, 0) is 6.54 Å². The normalized spacial score (nSPS) is 15.2. The van der Waals surface area contributed by atoms with Gasteiger partial charge in [-0.15, -0.1) is 0 Å². The quantitative estimate of drug-likeness (QED) is 0.332. The van der Waals surface area contributed by atoms with Gasteiger partial charge in [0.15, 0.2) is 5.11 Å². The average Bonchev–Trinajstić information content (AvgIpc) is 3.29. The summed E-state index contributed by atoms with van der Waals surface area (Å²) in [4.78, 5) is 11.2. The van der Waals surface area contributed by atoms with E-state index in [0.717, 1.165) is 16.9 Å². The molecular formula is C24H22N4O3S. The minimum absolute atomic E-state index is 0.0322. The van der Waals surface area contributed by atoms with Gasteiger partial charge in [-0.05, 0) is 41.5 Å². The molecule has 3 aromatic rings. The Kier molecular flexibility index (Phi) is 6.42. The van der Waals surface area contributed by atoms with Gasteiger partial charge < -0.3 is 10.1 Å². The lowest BCUT2D eigenvalue weighted by atomic mass is 9.97. The number of methoxy groups -OCH3 is 1. The summed E-state index contributed by atoms with van der Waals surface area (Å²) in [5.41, 5.74) is 3.25. The van der Waals surface area contributed by atoms with Crippen LogP contribution in [0.4, 0.5) is 5.69 Å². The maximum Gasteiger partial charge on any atom is 0.278 e. The van der Waals surface area contributed by atoms with Crippen molar-refractivity contribution in [3.05, 3.63) is 106 Å². The minimum atomic E-state index is -0.380.